The number of benzene rings is 1. The number of hydrogen-bond donors (Lipinski definition) is 1. The Balaban J connectivity index is 2.92. The van der Waals surface area contributed by atoms with Gasteiger partial charge in [-0.25, -0.2) is 4.39 Å². The zero-order valence-electron chi connectivity index (χ0n) is 10.6. The van der Waals surface area contributed by atoms with E-state index in [0.717, 1.165) is 5.56 Å². The Morgan fingerprint density at radius 1 is 1.31 bits per heavy atom. The molecule has 0 aliphatic carbocycles. The summed E-state index contributed by atoms with van der Waals surface area (Å²) in [5.41, 5.74) is 0.540. The summed E-state index contributed by atoms with van der Waals surface area (Å²) in [5.74, 6) is -0.00548. The highest BCUT2D eigenvalue weighted by Gasteiger charge is 2.15. The van der Waals surface area contributed by atoms with E-state index in [1.807, 2.05) is 40.8 Å². The van der Waals surface area contributed by atoms with Crippen molar-refractivity contribution in [1.82, 2.24) is 5.32 Å². The molecule has 0 saturated heterocycles. The maximum absolute atomic E-state index is 13.7. The van der Waals surface area contributed by atoms with Crippen LogP contribution in [0.5, 0.6) is 5.75 Å². The van der Waals surface area contributed by atoms with Gasteiger partial charge >= 0.3 is 0 Å². The van der Waals surface area contributed by atoms with Crippen molar-refractivity contribution in [1.29, 1.82) is 0 Å². The van der Waals surface area contributed by atoms with Crippen LogP contribution in [-0.4, -0.2) is 12.6 Å². The van der Waals surface area contributed by atoms with Gasteiger partial charge in [0.1, 0.15) is 5.60 Å². The third-order valence-electron chi connectivity index (χ3n) is 2.31. The first-order valence-corrected chi connectivity index (χ1v) is 5.49. The molecule has 0 bridgehead atoms. The molecule has 3 heteroatoms. The molecule has 0 radical (unpaired) electrons. The standard InChI is InChI=1S/C13H20FNO/c1-9(15-5)10-6-7-12(11(14)8-10)16-13(2,3)4/h6-9,15H,1-5H3. The van der Waals surface area contributed by atoms with Crippen LogP contribution in [0.2, 0.25) is 0 Å². The van der Waals surface area contributed by atoms with E-state index in [-0.39, 0.29) is 17.5 Å². The lowest BCUT2D eigenvalue weighted by Crippen LogP contribution is -2.23. The Morgan fingerprint density at radius 2 is 1.94 bits per heavy atom. The summed E-state index contributed by atoms with van der Waals surface area (Å²) < 4.78 is 19.2. The van der Waals surface area contributed by atoms with Crippen molar-refractivity contribution in [2.45, 2.75) is 39.3 Å². The Morgan fingerprint density at radius 3 is 2.38 bits per heavy atom. The molecule has 1 aromatic rings. The molecule has 1 atom stereocenters. The molecule has 0 aliphatic rings. The van der Waals surface area contributed by atoms with E-state index in [4.69, 9.17) is 4.74 Å². The van der Waals surface area contributed by atoms with Crippen molar-refractivity contribution in [2.24, 2.45) is 0 Å². The second-order valence-corrected chi connectivity index (χ2v) is 4.91. The summed E-state index contributed by atoms with van der Waals surface area (Å²) in [4.78, 5) is 0. The van der Waals surface area contributed by atoms with E-state index >= 15 is 0 Å². The largest absolute Gasteiger partial charge is 0.485 e. The van der Waals surface area contributed by atoms with Crippen LogP contribution in [-0.2, 0) is 0 Å². The first kappa shape index (κ1) is 13.0. The van der Waals surface area contributed by atoms with Crippen molar-refractivity contribution < 1.29 is 9.13 Å². The molecule has 1 N–H and O–H groups in total. The van der Waals surface area contributed by atoms with Gasteiger partial charge in [-0.05, 0) is 52.4 Å². The topological polar surface area (TPSA) is 21.3 Å². The summed E-state index contributed by atoms with van der Waals surface area (Å²) in [6, 6.07) is 5.22. The second kappa shape index (κ2) is 4.83. The molecule has 90 valence electrons. The normalized spacial score (nSPS) is 13.6. The minimum Gasteiger partial charge on any atom is -0.485 e. The predicted molar refractivity (Wildman–Crippen MR) is 64.3 cm³/mol. The van der Waals surface area contributed by atoms with Gasteiger partial charge in [0.2, 0.25) is 0 Å². The van der Waals surface area contributed by atoms with Crippen molar-refractivity contribution in [3.63, 3.8) is 0 Å². The molecular weight excluding hydrogens is 205 g/mol. The minimum absolute atomic E-state index is 0.137. The maximum atomic E-state index is 13.7. The van der Waals surface area contributed by atoms with E-state index in [0.29, 0.717) is 5.75 Å². The lowest BCUT2D eigenvalue weighted by molar-refractivity contribution is 0.124. The van der Waals surface area contributed by atoms with E-state index in [2.05, 4.69) is 5.32 Å². The zero-order valence-corrected chi connectivity index (χ0v) is 10.6. The molecule has 0 aliphatic heterocycles. The Labute approximate surface area is 96.8 Å². The zero-order chi connectivity index (χ0) is 12.3. The fourth-order valence-corrected chi connectivity index (χ4v) is 1.37. The third kappa shape index (κ3) is 3.49. The van der Waals surface area contributed by atoms with Crippen LogP contribution in [0.25, 0.3) is 0 Å². The Kier molecular flexibility index (Phi) is 3.92. The molecule has 16 heavy (non-hydrogen) atoms. The van der Waals surface area contributed by atoms with Crippen LogP contribution < -0.4 is 10.1 Å². The highest BCUT2D eigenvalue weighted by Crippen LogP contribution is 2.25. The van der Waals surface area contributed by atoms with Gasteiger partial charge in [0.25, 0.3) is 0 Å². The third-order valence-corrected chi connectivity index (χ3v) is 2.31. The first-order valence-electron chi connectivity index (χ1n) is 5.49. The van der Waals surface area contributed by atoms with Crippen LogP contribution in [0.1, 0.15) is 39.3 Å². The molecule has 0 heterocycles. The van der Waals surface area contributed by atoms with Gasteiger partial charge in [-0.15, -0.1) is 0 Å². The fourth-order valence-electron chi connectivity index (χ4n) is 1.37. The summed E-state index contributed by atoms with van der Waals surface area (Å²) in [6.45, 7) is 7.68. The number of hydrogen-bond acceptors (Lipinski definition) is 2. The number of rotatable bonds is 3. The van der Waals surface area contributed by atoms with Gasteiger partial charge in [0.15, 0.2) is 11.6 Å². The SMILES string of the molecule is CNC(C)c1ccc(OC(C)(C)C)c(F)c1. The van der Waals surface area contributed by atoms with Crippen LogP contribution in [0, 0.1) is 5.82 Å². The van der Waals surface area contributed by atoms with Gasteiger partial charge < -0.3 is 10.1 Å². The maximum Gasteiger partial charge on any atom is 0.165 e. The lowest BCUT2D eigenvalue weighted by atomic mass is 10.1. The lowest BCUT2D eigenvalue weighted by Gasteiger charge is -2.22. The predicted octanol–water partition coefficient (Wildman–Crippen LogP) is 3.28. The van der Waals surface area contributed by atoms with Gasteiger partial charge in [-0.1, -0.05) is 6.07 Å². The summed E-state index contributed by atoms with van der Waals surface area (Å²) in [6.07, 6.45) is 0. The van der Waals surface area contributed by atoms with Crippen LogP contribution >= 0.6 is 0 Å². The molecule has 0 saturated carbocycles. The Bertz CT molecular complexity index is 357. The van der Waals surface area contributed by atoms with Gasteiger partial charge in [0, 0.05) is 6.04 Å². The summed E-state index contributed by atoms with van der Waals surface area (Å²) >= 11 is 0. The quantitative estimate of drug-likeness (QED) is 0.852. The molecule has 0 amide bonds. The number of ether oxygens (including phenoxy) is 1. The van der Waals surface area contributed by atoms with Crippen molar-refractivity contribution in [3.05, 3.63) is 29.6 Å². The molecule has 0 fully saturated rings. The van der Waals surface area contributed by atoms with E-state index in [1.165, 1.54) is 6.07 Å². The fraction of sp³-hybridized carbons (Fsp3) is 0.538. The molecule has 1 rings (SSSR count). The van der Waals surface area contributed by atoms with Gasteiger partial charge in [-0.2, -0.15) is 0 Å². The van der Waals surface area contributed by atoms with Crippen LogP contribution in [0.3, 0.4) is 0 Å². The van der Waals surface area contributed by atoms with E-state index in [1.54, 1.807) is 6.07 Å². The minimum atomic E-state index is -0.378. The smallest absolute Gasteiger partial charge is 0.165 e. The van der Waals surface area contributed by atoms with E-state index < -0.39 is 0 Å². The highest BCUT2D eigenvalue weighted by atomic mass is 19.1. The molecular formula is C13H20FNO. The van der Waals surface area contributed by atoms with Crippen molar-refractivity contribution in [3.8, 4) is 5.75 Å². The van der Waals surface area contributed by atoms with Crippen molar-refractivity contribution >= 4 is 0 Å². The van der Waals surface area contributed by atoms with Gasteiger partial charge in [0.05, 0.1) is 0 Å². The summed E-state index contributed by atoms with van der Waals surface area (Å²) in [5, 5.41) is 3.07. The number of halogens is 1. The number of nitrogens with one attached hydrogen (secondary N) is 1. The van der Waals surface area contributed by atoms with Crippen LogP contribution in [0.15, 0.2) is 18.2 Å². The molecule has 1 aromatic carbocycles. The molecule has 1 unspecified atom stereocenters. The molecule has 2 nitrogen and oxygen atoms in total. The van der Waals surface area contributed by atoms with Gasteiger partial charge in [-0.3, -0.25) is 0 Å². The summed E-state index contributed by atoms with van der Waals surface area (Å²) in [7, 11) is 1.85. The van der Waals surface area contributed by atoms with Crippen LogP contribution in [0.4, 0.5) is 4.39 Å². The van der Waals surface area contributed by atoms with E-state index in [9.17, 15) is 4.39 Å². The highest BCUT2D eigenvalue weighted by molar-refractivity contribution is 5.31. The second-order valence-electron chi connectivity index (χ2n) is 4.91. The molecule has 0 spiro atoms. The Hall–Kier alpha value is -1.09. The average Bonchev–Trinajstić information content (AvgIpc) is 2.18. The van der Waals surface area contributed by atoms with Crippen molar-refractivity contribution in [2.75, 3.05) is 7.05 Å². The molecule has 0 aromatic heterocycles. The monoisotopic (exact) mass is 225 g/mol. The first-order chi connectivity index (χ1) is 7.33. The average molecular weight is 225 g/mol.